The smallest absolute Gasteiger partial charge is 0.133 e. The molecule has 0 aromatic heterocycles. The summed E-state index contributed by atoms with van der Waals surface area (Å²) in [5.74, 6) is 0.836. The maximum absolute atomic E-state index is 9.25. The lowest BCUT2D eigenvalue weighted by Crippen LogP contribution is -2.40. The van der Waals surface area contributed by atoms with Crippen LogP contribution in [0.2, 0.25) is 0 Å². The van der Waals surface area contributed by atoms with Gasteiger partial charge in [-0.3, -0.25) is 4.90 Å². The number of rotatable bonds is 4. The third-order valence-electron chi connectivity index (χ3n) is 4.17. The van der Waals surface area contributed by atoms with Crippen LogP contribution in [0.25, 0.3) is 10.8 Å². The minimum atomic E-state index is 0.173. The monoisotopic (exact) mass is 365 g/mol. The summed E-state index contributed by atoms with van der Waals surface area (Å²) in [6, 6.07) is 10.7. The van der Waals surface area contributed by atoms with Crippen molar-refractivity contribution in [3.63, 3.8) is 0 Å². The Bertz CT molecular complexity index is 660. The van der Waals surface area contributed by atoms with Crippen LogP contribution in [0, 0.1) is 0 Å². The van der Waals surface area contributed by atoms with Crippen molar-refractivity contribution in [2.45, 2.75) is 6.04 Å². The maximum Gasteiger partial charge on any atom is 0.133 e. The first kappa shape index (κ1) is 15.7. The fourth-order valence-corrected chi connectivity index (χ4v) is 3.65. The first-order valence-electron chi connectivity index (χ1n) is 7.43. The van der Waals surface area contributed by atoms with Gasteiger partial charge in [0.1, 0.15) is 5.75 Å². The molecule has 1 aliphatic heterocycles. The number of benzene rings is 2. The highest BCUT2D eigenvalue weighted by atomic mass is 79.9. The zero-order valence-electron chi connectivity index (χ0n) is 12.6. The van der Waals surface area contributed by atoms with Crippen LogP contribution < -0.4 is 4.74 Å². The fourth-order valence-electron chi connectivity index (χ4n) is 3.00. The Morgan fingerprint density at radius 3 is 3.00 bits per heavy atom. The van der Waals surface area contributed by atoms with Gasteiger partial charge in [-0.05, 0) is 44.4 Å². The van der Waals surface area contributed by atoms with Crippen molar-refractivity contribution < 1.29 is 14.6 Å². The second-order valence-electron chi connectivity index (χ2n) is 5.41. The molecule has 0 radical (unpaired) electrons. The van der Waals surface area contributed by atoms with Crippen molar-refractivity contribution in [3.05, 3.63) is 40.4 Å². The molecule has 0 aliphatic carbocycles. The van der Waals surface area contributed by atoms with E-state index in [0.717, 1.165) is 28.8 Å². The molecule has 22 heavy (non-hydrogen) atoms. The SMILES string of the molecule is COc1ccc2cc(C3COCCN3CCO)ccc2c1Br. The molecule has 1 fully saturated rings. The van der Waals surface area contributed by atoms with E-state index in [2.05, 4.69) is 45.1 Å². The molecule has 0 amide bonds. The Hall–Kier alpha value is -1.14. The summed E-state index contributed by atoms with van der Waals surface area (Å²) in [4.78, 5) is 2.28. The molecular formula is C17H20BrNO3. The van der Waals surface area contributed by atoms with Crippen LogP contribution in [0.3, 0.4) is 0 Å². The zero-order valence-corrected chi connectivity index (χ0v) is 14.2. The minimum Gasteiger partial charge on any atom is -0.496 e. The van der Waals surface area contributed by atoms with Crippen LogP contribution in [0.1, 0.15) is 11.6 Å². The quantitative estimate of drug-likeness (QED) is 0.904. The van der Waals surface area contributed by atoms with E-state index in [1.54, 1.807) is 7.11 Å². The number of aliphatic hydroxyl groups excluding tert-OH is 1. The first-order valence-corrected chi connectivity index (χ1v) is 8.22. The largest absolute Gasteiger partial charge is 0.496 e. The van der Waals surface area contributed by atoms with Crippen molar-refractivity contribution in [2.24, 2.45) is 0 Å². The number of methoxy groups -OCH3 is 1. The molecule has 118 valence electrons. The average molecular weight is 366 g/mol. The molecule has 0 saturated carbocycles. The van der Waals surface area contributed by atoms with Gasteiger partial charge in [0.05, 0.1) is 37.4 Å². The van der Waals surface area contributed by atoms with Gasteiger partial charge in [-0.1, -0.05) is 18.2 Å². The van der Waals surface area contributed by atoms with E-state index in [0.29, 0.717) is 13.2 Å². The van der Waals surface area contributed by atoms with Gasteiger partial charge < -0.3 is 14.6 Å². The number of nitrogens with zero attached hydrogens (tertiary/aromatic N) is 1. The van der Waals surface area contributed by atoms with Gasteiger partial charge in [-0.15, -0.1) is 0 Å². The number of β-amino-alcohol motifs (C(OH)–C–C–N with tert-alkyl or cyclic N) is 1. The minimum absolute atomic E-state index is 0.173. The summed E-state index contributed by atoms with van der Waals surface area (Å²) in [6.07, 6.45) is 0. The van der Waals surface area contributed by atoms with Gasteiger partial charge in [0.15, 0.2) is 0 Å². The molecule has 1 atom stereocenters. The second kappa shape index (κ2) is 6.96. The van der Waals surface area contributed by atoms with Gasteiger partial charge >= 0.3 is 0 Å². The predicted molar refractivity (Wildman–Crippen MR) is 90.4 cm³/mol. The van der Waals surface area contributed by atoms with E-state index in [1.165, 1.54) is 10.9 Å². The van der Waals surface area contributed by atoms with Crippen molar-refractivity contribution >= 4 is 26.7 Å². The Kier molecular flexibility index (Phi) is 4.98. The van der Waals surface area contributed by atoms with Gasteiger partial charge in [0.25, 0.3) is 0 Å². The second-order valence-corrected chi connectivity index (χ2v) is 6.21. The lowest BCUT2D eigenvalue weighted by Gasteiger charge is -2.35. The average Bonchev–Trinajstić information content (AvgIpc) is 2.56. The molecule has 1 saturated heterocycles. The Morgan fingerprint density at radius 2 is 2.23 bits per heavy atom. The van der Waals surface area contributed by atoms with Gasteiger partial charge in [0.2, 0.25) is 0 Å². The third-order valence-corrected chi connectivity index (χ3v) is 4.99. The Balaban J connectivity index is 1.97. The van der Waals surface area contributed by atoms with Crippen LogP contribution in [-0.4, -0.2) is 50.0 Å². The van der Waals surface area contributed by atoms with Crippen LogP contribution in [0.15, 0.2) is 34.8 Å². The van der Waals surface area contributed by atoms with Crippen LogP contribution in [-0.2, 0) is 4.74 Å². The van der Waals surface area contributed by atoms with E-state index in [1.807, 2.05) is 6.07 Å². The molecule has 0 bridgehead atoms. The summed E-state index contributed by atoms with van der Waals surface area (Å²) in [5.41, 5.74) is 1.22. The molecular weight excluding hydrogens is 346 g/mol. The van der Waals surface area contributed by atoms with Crippen molar-refractivity contribution in [1.29, 1.82) is 0 Å². The highest BCUT2D eigenvalue weighted by molar-refractivity contribution is 9.10. The number of fused-ring (bicyclic) bond motifs is 1. The molecule has 1 unspecified atom stereocenters. The zero-order chi connectivity index (χ0) is 15.5. The number of hydrogen-bond acceptors (Lipinski definition) is 4. The third kappa shape index (κ3) is 2.99. The maximum atomic E-state index is 9.25. The van der Waals surface area contributed by atoms with E-state index in [4.69, 9.17) is 9.47 Å². The van der Waals surface area contributed by atoms with Crippen LogP contribution >= 0.6 is 15.9 Å². The van der Waals surface area contributed by atoms with Gasteiger partial charge in [0, 0.05) is 13.1 Å². The van der Waals surface area contributed by atoms with Crippen LogP contribution in [0.5, 0.6) is 5.75 Å². The summed E-state index contributed by atoms with van der Waals surface area (Å²) < 4.78 is 12.0. The summed E-state index contributed by atoms with van der Waals surface area (Å²) in [7, 11) is 1.67. The molecule has 0 spiro atoms. The molecule has 3 rings (SSSR count). The summed E-state index contributed by atoms with van der Waals surface area (Å²) >= 11 is 3.61. The number of hydrogen-bond donors (Lipinski definition) is 1. The van der Waals surface area contributed by atoms with Crippen molar-refractivity contribution in [3.8, 4) is 5.75 Å². The fraction of sp³-hybridized carbons (Fsp3) is 0.412. The van der Waals surface area contributed by atoms with Crippen molar-refractivity contribution in [2.75, 3.05) is 40.0 Å². The lowest BCUT2D eigenvalue weighted by molar-refractivity contribution is -0.0145. The number of aliphatic hydroxyl groups is 1. The molecule has 1 N–H and O–H groups in total. The molecule has 5 heteroatoms. The van der Waals surface area contributed by atoms with E-state index in [9.17, 15) is 5.11 Å². The lowest BCUT2D eigenvalue weighted by atomic mass is 10.00. The van der Waals surface area contributed by atoms with Crippen molar-refractivity contribution in [1.82, 2.24) is 4.90 Å². The molecule has 2 aromatic carbocycles. The predicted octanol–water partition coefficient (Wildman–Crippen LogP) is 2.98. The molecule has 1 heterocycles. The highest BCUT2D eigenvalue weighted by Gasteiger charge is 2.24. The number of ether oxygens (including phenoxy) is 2. The van der Waals surface area contributed by atoms with Gasteiger partial charge in [-0.2, -0.15) is 0 Å². The standard InChI is InChI=1S/C17H20BrNO3/c1-21-16-5-3-12-10-13(2-4-14(12)17(16)18)15-11-22-9-7-19(15)6-8-20/h2-5,10,15,20H,6-9,11H2,1H3. The van der Waals surface area contributed by atoms with E-state index in [-0.39, 0.29) is 12.6 Å². The molecule has 4 nitrogen and oxygen atoms in total. The normalized spacial score (nSPS) is 19.5. The Labute approximate surface area is 138 Å². The number of halogens is 1. The first-order chi connectivity index (χ1) is 10.7. The van der Waals surface area contributed by atoms with Crippen LogP contribution in [0.4, 0.5) is 0 Å². The summed E-state index contributed by atoms with van der Waals surface area (Å²) in [5, 5.41) is 11.5. The molecule has 2 aromatic rings. The highest BCUT2D eigenvalue weighted by Crippen LogP contribution is 2.35. The number of morpholine rings is 1. The topological polar surface area (TPSA) is 41.9 Å². The van der Waals surface area contributed by atoms with Gasteiger partial charge in [-0.25, -0.2) is 0 Å². The molecule has 1 aliphatic rings. The summed E-state index contributed by atoms with van der Waals surface area (Å²) in [6.45, 7) is 3.11. The van der Waals surface area contributed by atoms with E-state index < -0.39 is 0 Å². The van der Waals surface area contributed by atoms with E-state index >= 15 is 0 Å². The Morgan fingerprint density at radius 1 is 1.36 bits per heavy atom.